The molecule has 9 heteroatoms. The molecule has 0 aliphatic carbocycles. The average Bonchev–Trinajstić information content (AvgIpc) is 3.12. The molecule has 30 heavy (non-hydrogen) atoms. The first-order valence-electron chi connectivity index (χ1n) is 10.5. The first-order valence-corrected chi connectivity index (χ1v) is 10.9. The highest BCUT2D eigenvalue weighted by atomic mass is 35.5. The van der Waals surface area contributed by atoms with E-state index in [0.29, 0.717) is 19.0 Å². The molecule has 0 radical (unpaired) electrons. The van der Waals surface area contributed by atoms with Gasteiger partial charge in [-0.3, -0.25) is 4.79 Å². The van der Waals surface area contributed by atoms with Crippen molar-refractivity contribution in [3.63, 3.8) is 0 Å². The number of carbonyl (C=O) groups is 2. The van der Waals surface area contributed by atoms with Crippen LogP contribution in [0.3, 0.4) is 0 Å². The Morgan fingerprint density at radius 1 is 1.33 bits per heavy atom. The fourth-order valence-electron chi connectivity index (χ4n) is 3.35. The van der Waals surface area contributed by atoms with Crippen LogP contribution in [0.15, 0.2) is 6.20 Å². The standard InChI is InChI=1S/C21H34ClN5O3/c1-7-8-11-25(5)19-23-13-16(22)17(24-19)18(28)27-12-9-10-15(27)14-26(6)20(29)30-21(2,3)4/h13,15H,7-12,14H2,1-6H3/t15-/m1/s1. The fourth-order valence-corrected chi connectivity index (χ4v) is 3.52. The molecular formula is C21H34ClN5O3. The number of aromatic nitrogens is 2. The minimum absolute atomic E-state index is 0.109. The second-order valence-electron chi connectivity index (χ2n) is 8.80. The highest BCUT2D eigenvalue weighted by molar-refractivity contribution is 6.33. The molecule has 1 saturated heterocycles. The molecule has 0 saturated carbocycles. The number of halogens is 1. The molecule has 2 amide bonds. The number of hydrogen-bond acceptors (Lipinski definition) is 6. The first kappa shape index (κ1) is 24.2. The minimum atomic E-state index is -0.564. The summed E-state index contributed by atoms with van der Waals surface area (Å²) in [5, 5.41) is 0.235. The van der Waals surface area contributed by atoms with Crippen molar-refractivity contribution in [2.24, 2.45) is 0 Å². The highest BCUT2D eigenvalue weighted by Crippen LogP contribution is 2.24. The zero-order chi connectivity index (χ0) is 22.5. The van der Waals surface area contributed by atoms with Crippen molar-refractivity contribution in [1.82, 2.24) is 19.8 Å². The molecule has 0 N–H and O–H groups in total. The lowest BCUT2D eigenvalue weighted by molar-refractivity contribution is 0.0252. The summed E-state index contributed by atoms with van der Waals surface area (Å²) in [5.74, 6) is 0.255. The van der Waals surface area contributed by atoms with E-state index in [-0.39, 0.29) is 22.7 Å². The Morgan fingerprint density at radius 2 is 2.03 bits per heavy atom. The Bertz CT molecular complexity index is 753. The maximum Gasteiger partial charge on any atom is 0.410 e. The summed E-state index contributed by atoms with van der Waals surface area (Å²) in [4.78, 5) is 39.5. The Labute approximate surface area is 184 Å². The van der Waals surface area contributed by atoms with E-state index in [1.807, 2.05) is 32.7 Å². The lowest BCUT2D eigenvalue weighted by atomic mass is 10.2. The van der Waals surface area contributed by atoms with Crippen LogP contribution >= 0.6 is 11.6 Å². The maximum absolute atomic E-state index is 13.2. The fraction of sp³-hybridized carbons (Fsp3) is 0.714. The lowest BCUT2D eigenvalue weighted by Gasteiger charge is -2.30. The van der Waals surface area contributed by atoms with Crippen LogP contribution in [0.25, 0.3) is 0 Å². The van der Waals surface area contributed by atoms with E-state index in [0.717, 1.165) is 32.2 Å². The summed E-state index contributed by atoms with van der Waals surface area (Å²) in [5.41, 5.74) is -0.359. The van der Waals surface area contributed by atoms with Gasteiger partial charge in [-0.25, -0.2) is 14.8 Å². The molecule has 1 aliphatic heterocycles. The van der Waals surface area contributed by atoms with Gasteiger partial charge in [-0.05, 0) is 40.0 Å². The smallest absolute Gasteiger partial charge is 0.410 e. The molecule has 1 aromatic heterocycles. The molecular weight excluding hydrogens is 406 g/mol. The summed E-state index contributed by atoms with van der Waals surface area (Å²) < 4.78 is 5.42. The van der Waals surface area contributed by atoms with Gasteiger partial charge in [0.05, 0.1) is 11.2 Å². The molecule has 8 nitrogen and oxygen atoms in total. The van der Waals surface area contributed by atoms with Gasteiger partial charge in [-0.1, -0.05) is 24.9 Å². The SMILES string of the molecule is CCCCN(C)c1ncc(Cl)c(C(=O)N2CCC[C@@H]2CN(C)C(=O)OC(C)(C)C)n1. The van der Waals surface area contributed by atoms with Crippen molar-refractivity contribution in [2.75, 3.05) is 38.6 Å². The summed E-state index contributed by atoms with van der Waals surface area (Å²) in [6.07, 6.45) is 4.83. The van der Waals surface area contributed by atoms with Gasteiger partial charge in [0.15, 0.2) is 5.69 Å². The van der Waals surface area contributed by atoms with Crippen molar-refractivity contribution in [3.05, 3.63) is 16.9 Å². The van der Waals surface area contributed by atoms with Crippen molar-refractivity contribution < 1.29 is 14.3 Å². The topological polar surface area (TPSA) is 78.9 Å². The summed E-state index contributed by atoms with van der Waals surface area (Å²) >= 11 is 6.28. The number of unbranched alkanes of at least 4 members (excludes halogenated alkanes) is 1. The Morgan fingerprint density at radius 3 is 2.67 bits per heavy atom. The molecule has 2 heterocycles. The average molecular weight is 440 g/mol. The van der Waals surface area contributed by atoms with Gasteiger partial charge >= 0.3 is 6.09 Å². The molecule has 2 rings (SSSR count). The monoisotopic (exact) mass is 439 g/mol. The van der Waals surface area contributed by atoms with Crippen molar-refractivity contribution in [3.8, 4) is 0 Å². The van der Waals surface area contributed by atoms with Crippen LogP contribution in [0.4, 0.5) is 10.7 Å². The number of likely N-dealkylation sites (N-methyl/N-ethyl adjacent to an activating group) is 1. The predicted octanol–water partition coefficient (Wildman–Crippen LogP) is 3.84. The molecule has 1 aliphatic rings. The minimum Gasteiger partial charge on any atom is -0.444 e. The van der Waals surface area contributed by atoms with Crippen LogP contribution in [0.1, 0.15) is 63.9 Å². The van der Waals surface area contributed by atoms with Crippen LogP contribution in [-0.2, 0) is 4.74 Å². The van der Waals surface area contributed by atoms with Crippen LogP contribution < -0.4 is 4.90 Å². The Hall–Kier alpha value is -2.09. The van der Waals surface area contributed by atoms with Crippen LogP contribution in [-0.4, -0.2) is 77.1 Å². The first-order chi connectivity index (χ1) is 14.0. The van der Waals surface area contributed by atoms with Gasteiger partial charge < -0.3 is 19.4 Å². The number of carbonyl (C=O) groups excluding carboxylic acids is 2. The molecule has 1 fully saturated rings. The van der Waals surface area contributed by atoms with Gasteiger partial charge in [-0.15, -0.1) is 0 Å². The summed E-state index contributed by atoms with van der Waals surface area (Å²) in [6, 6.07) is -0.109. The molecule has 1 atom stereocenters. The highest BCUT2D eigenvalue weighted by Gasteiger charge is 2.34. The number of ether oxygens (including phenoxy) is 1. The summed E-state index contributed by atoms with van der Waals surface area (Å²) in [6.45, 7) is 9.41. The van der Waals surface area contributed by atoms with E-state index in [2.05, 4.69) is 16.9 Å². The Kier molecular flexibility index (Phi) is 8.29. The second kappa shape index (κ2) is 10.3. The maximum atomic E-state index is 13.2. The third kappa shape index (κ3) is 6.45. The van der Waals surface area contributed by atoms with Gasteiger partial charge in [0.25, 0.3) is 5.91 Å². The van der Waals surface area contributed by atoms with Gasteiger partial charge in [0.1, 0.15) is 5.60 Å². The Balaban J connectivity index is 2.12. The van der Waals surface area contributed by atoms with E-state index >= 15 is 0 Å². The van der Waals surface area contributed by atoms with Gasteiger partial charge in [0.2, 0.25) is 5.95 Å². The van der Waals surface area contributed by atoms with Gasteiger partial charge in [-0.2, -0.15) is 0 Å². The molecule has 0 unspecified atom stereocenters. The van der Waals surface area contributed by atoms with E-state index in [1.165, 1.54) is 11.1 Å². The molecule has 168 valence electrons. The largest absolute Gasteiger partial charge is 0.444 e. The predicted molar refractivity (Wildman–Crippen MR) is 118 cm³/mol. The van der Waals surface area contributed by atoms with Crippen molar-refractivity contribution >= 4 is 29.5 Å². The number of amides is 2. The van der Waals surface area contributed by atoms with Crippen molar-refractivity contribution in [1.29, 1.82) is 0 Å². The van der Waals surface area contributed by atoms with Crippen LogP contribution in [0.5, 0.6) is 0 Å². The second-order valence-corrected chi connectivity index (χ2v) is 9.20. The zero-order valence-electron chi connectivity index (χ0n) is 18.9. The van der Waals surface area contributed by atoms with Crippen LogP contribution in [0.2, 0.25) is 5.02 Å². The van der Waals surface area contributed by atoms with Crippen molar-refractivity contribution in [2.45, 2.75) is 65.0 Å². The summed E-state index contributed by atoms with van der Waals surface area (Å²) in [7, 11) is 3.59. The third-order valence-electron chi connectivity index (χ3n) is 4.95. The van der Waals surface area contributed by atoms with Crippen LogP contribution in [0, 0.1) is 0 Å². The molecule has 0 spiro atoms. The molecule has 1 aromatic rings. The van der Waals surface area contributed by atoms with E-state index < -0.39 is 11.7 Å². The quantitative estimate of drug-likeness (QED) is 0.642. The van der Waals surface area contributed by atoms with E-state index in [9.17, 15) is 9.59 Å². The number of anilines is 1. The number of likely N-dealkylation sites (tertiary alicyclic amines) is 1. The molecule has 0 aromatic carbocycles. The van der Waals surface area contributed by atoms with E-state index in [4.69, 9.17) is 16.3 Å². The van der Waals surface area contributed by atoms with Gasteiger partial charge in [0, 0.05) is 39.8 Å². The number of hydrogen-bond donors (Lipinski definition) is 0. The van der Waals surface area contributed by atoms with E-state index in [1.54, 1.807) is 11.9 Å². The molecule has 0 bridgehead atoms. The number of rotatable bonds is 7. The zero-order valence-corrected chi connectivity index (χ0v) is 19.7. The third-order valence-corrected chi connectivity index (χ3v) is 5.23. The normalized spacial score (nSPS) is 16.5. The number of nitrogens with zero attached hydrogens (tertiary/aromatic N) is 5. The lowest BCUT2D eigenvalue weighted by Crippen LogP contribution is -2.45.